The van der Waals surface area contributed by atoms with Crippen LogP contribution in [0.15, 0.2) is 34.7 Å². The van der Waals surface area contributed by atoms with E-state index >= 15 is 0 Å². The van der Waals surface area contributed by atoms with Crippen LogP contribution in [0.2, 0.25) is 0 Å². The van der Waals surface area contributed by atoms with Crippen molar-refractivity contribution < 1.29 is 9.90 Å². The first-order valence-electron chi connectivity index (χ1n) is 6.31. The number of hydrogen-bond donors (Lipinski definition) is 3. The Morgan fingerprint density at radius 3 is 3.05 bits per heavy atom. The van der Waals surface area contributed by atoms with Crippen molar-refractivity contribution >= 4 is 33.5 Å². The summed E-state index contributed by atoms with van der Waals surface area (Å²) >= 11 is 1.35. The lowest BCUT2D eigenvalue weighted by Crippen LogP contribution is -2.09. The van der Waals surface area contributed by atoms with E-state index in [1.807, 2.05) is 0 Å². The molecule has 0 saturated carbocycles. The third-order valence-electron chi connectivity index (χ3n) is 2.74. The van der Waals surface area contributed by atoms with Crippen LogP contribution in [0, 0.1) is 12.3 Å². The van der Waals surface area contributed by atoms with Crippen LogP contribution in [-0.4, -0.2) is 21.0 Å². The Hall–Kier alpha value is -2.85. The molecule has 7 heteroatoms. The highest BCUT2D eigenvalue weighted by Gasteiger charge is 2.08. The highest BCUT2D eigenvalue weighted by Crippen LogP contribution is 2.24. The molecule has 2 aromatic rings. The molecule has 4 N–H and O–H groups in total. The first-order valence-corrected chi connectivity index (χ1v) is 7.13. The highest BCUT2D eigenvalue weighted by atomic mass is 32.1. The molecule has 0 atom stereocenters. The van der Waals surface area contributed by atoms with Crippen LogP contribution in [0.25, 0.3) is 10.2 Å². The van der Waals surface area contributed by atoms with Gasteiger partial charge in [-0.1, -0.05) is 18.1 Å². The third kappa shape index (κ3) is 3.84. The minimum atomic E-state index is -0.913. The zero-order chi connectivity index (χ0) is 16.1. The topological polar surface area (TPSA) is 109 Å². The number of carboxylic acids is 1. The van der Waals surface area contributed by atoms with Crippen LogP contribution in [0.5, 0.6) is 0 Å². The second-order valence-electron chi connectivity index (χ2n) is 4.45. The lowest BCUT2D eigenvalue weighted by Gasteiger charge is -1.97. The number of rotatable bonds is 5. The molecule has 22 heavy (non-hydrogen) atoms. The summed E-state index contributed by atoms with van der Waals surface area (Å²) in [4.78, 5) is 30.3. The van der Waals surface area contributed by atoms with Gasteiger partial charge in [-0.05, 0) is 17.7 Å². The first-order chi connectivity index (χ1) is 10.5. The summed E-state index contributed by atoms with van der Waals surface area (Å²) in [7, 11) is 0. The minimum Gasteiger partial charge on any atom is -0.481 e. The second kappa shape index (κ2) is 6.74. The molecule has 0 spiro atoms. The molecule has 0 unspecified atom stereocenters. The summed E-state index contributed by atoms with van der Waals surface area (Å²) in [5.41, 5.74) is 6.01. The SMILES string of the molecule is C#C/C=C(\C=C/CC(=O)O)Cc1cc2c(=O)[nH]c(N)nc2s1. The number of nitrogens with zero attached hydrogens (tertiary/aromatic N) is 1. The number of hydrogen-bond acceptors (Lipinski definition) is 5. The van der Waals surface area contributed by atoms with Crippen molar-refractivity contribution in [3.63, 3.8) is 0 Å². The molecule has 0 fully saturated rings. The summed E-state index contributed by atoms with van der Waals surface area (Å²) in [6, 6.07) is 1.74. The number of aliphatic carboxylic acids is 1. The average Bonchev–Trinajstić information content (AvgIpc) is 2.81. The molecule has 2 rings (SSSR count). The van der Waals surface area contributed by atoms with Gasteiger partial charge >= 0.3 is 5.97 Å². The van der Waals surface area contributed by atoms with Crippen molar-refractivity contribution in [2.24, 2.45) is 0 Å². The van der Waals surface area contributed by atoms with Gasteiger partial charge in [0.1, 0.15) is 4.83 Å². The first kappa shape index (κ1) is 15.5. The fourth-order valence-electron chi connectivity index (χ4n) is 1.86. The van der Waals surface area contributed by atoms with Crippen LogP contribution in [0.4, 0.5) is 5.95 Å². The monoisotopic (exact) mass is 315 g/mol. The van der Waals surface area contributed by atoms with E-state index in [-0.39, 0.29) is 17.9 Å². The lowest BCUT2D eigenvalue weighted by molar-refractivity contribution is -0.136. The Morgan fingerprint density at radius 1 is 1.59 bits per heavy atom. The van der Waals surface area contributed by atoms with Gasteiger partial charge in [0.15, 0.2) is 0 Å². The number of aromatic nitrogens is 2. The Bertz CT molecular complexity index is 868. The highest BCUT2D eigenvalue weighted by molar-refractivity contribution is 7.18. The van der Waals surface area contributed by atoms with Crippen molar-refractivity contribution in [1.29, 1.82) is 0 Å². The number of nitrogen functional groups attached to an aromatic ring is 1. The van der Waals surface area contributed by atoms with Gasteiger partial charge in [-0.15, -0.1) is 17.8 Å². The van der Waals surface area contributed by atoms with Crippen molar-refractivity contribution in [2.75, 3.05) is 5.73 Å². The van der Waals surface area contributed by atoms with Crippen LogP contribution in [0.1, 0.15) is 11.3 Å². The molecule has 2 heterocycles. The number of allylic oxidation sites excluding steroid dienone is 3. The zero-order valence-electron chi connectivity index (χ0n) is 11.5. The summed E-state index contributed by atoms with van der Waals surface area (Å²) < 4.78 is 0. The van der Waals surface area contributed by atoms with E-state index in [4.69, 9.17) is 17.3 Å². The van der Waals surface area contributed by atoms with E-state index in [1.54, 1.807) is 18.2 Å². The Labute approximate surface area is 130 Å². The van der Waals surface area contributed by atoms with Gasteiger partial charge in [-0.25, -0.2) is 4.98 Å². The van der Waals surface area contributed by atoms with Gasteiger partial charge in [-0.2, -0.15) is 0 Å². The zero-order valence-corrected chi connectivity index (χ0v) is 12.3. The molecule has 0 radical (unpaired) electrons. The van der Waals surface area contributed by atoms with Gasteiger partial charge in [-0.3, -0.25) is 14.6 Å². The molecule has 0 saturated heterocycles. The fourth-order valence-corrected chi connectivity index (χ4v) is 2.93. The normalized spacial score (nSPS) is 11.9. The summed E-state index contributed by atoms with van der Waals surface area (Å²) in [5.74, 6) is 1.58. The van der Waals surface area contributed by atoms with Gasteiger partial charge in [0.2, 0.25) is 5.95 Å². The number of fused-ring (bicyclic) bond motifs is 1. The number of carbonyl (C=O) groups is 1. The number of H-pyrrole nitrogens is 1. The molecule has 0 aliphatic heterocycles. The van der Waals surface area contributed by atoms with E-state index in [1.165, 1.54) is 17.4 Å². The molecule has 2 aromatic heterocycles. The predicted octanol–water partition coefficient (Wildman–Crippen LogP) is 1.70. The minimum absolute atomic E-state index is 0.0756. The molecule has 0 aliphatic rings. The molecule has 0 aromatic carbocycles. The average molecular weight is 315 g/mol. The maximum atomic E-state index is 11.8. The maximum Gasteiger partial charge on any atom is 0.307 e. The predicted molar refractivity (Wildman–Crippen MR) is 86.7 cm³/mol. The van der Waals surface area contributed by atoms with Gasteiger partial charge < -0.3 is 10.8 Å². The molecule has 6 nitrogen and oxygen atoms in total. The Morgan fingerprint density at radius 2 is 2.36 bits per heavy atom. The molecular formula is C15H13N3O3S. The van der Waals surface area contributed by atoms with E-state index in [2.05, 4.69) is 15.9 Å². The summed E-state index contributed by atoms with van der Waals surface area (Å²) in [6.45, 7) is 0. The number of carboxylic acid groups (broad SMARTS) is 1. The van der Waals surface area contributed by atoms with Crippen LogP contribution < -0.4 is 11.3 Å². The molecule has 112 valence electrons. The number of anilines is 1. The van der Waals surface area contributed by atoms with E-state index in [9.17, 15) is 9.59 Å². The fraction of sp³-hybridized carbons (Fsp3) is 0.133. The van der Waals surface area contributed by atoms with E-state index in [0.29, 0.717) is 16.6 Å². The third-order valence-corrected chi connectivity index (χ3v) is 3.77. The molecule has 0 amide bonds. The van der Waals surface area contributed by atoms with Crippen molar-refractivity contribution in [2.45, 2.75) is 12.8 Å². The number of nitrogens with one attached hydrogen (secondary N) is 1. The lowest BCUT2D eigenvalue weighted by atomic mass is 10.1. The standard InChI is InChI=1S/C15H13N3O3S/c1-2-4-9(5-3-6-12(19)20)7-10-8-11-13(21)17-15(16)18-14(11)22-10/h1,3-5,8H,6-7H2,(H,19,20)(H3,16,17,18,21)/b5-3-,9-4+. The quantitative estimate of drug-likeness (QED) is 0.575. The number of nitrogens with two attached hydrogens (primary N) is 1. The number of aromatic amines is 1. The number of terminal acetylenes is 1. The Balaban J connectivity index is 2.28. The second-order valence-corrected chi connectivity index (χ2v) is 5.56. The molecular weight excluding hydrogens is 302 g/mol. The number of thiophene rings is 1. The largest absolute Gasteiger partial charge is 0.481 e. The summed E-state index contributed by atoms with van der Waals surface area (Å²) in [5, 5.41) is 9.11. The Kier molecular flexibility index (Phi) is 4.76. The van der Waals surface area contributed by atoms with E-state index < -0.39 is 5.97 Å². The van der Waals surface area contributed by atoms with Gasteiger partial charge in [0, 0.05) is 11.3 Å². The smallest absolute Gasteiger partial charge is 0.307 e. The summed E-state index contributed by atoms with van der Waals surface area (Å²) in [6.07, 6.45) is 10.5. The van der Waals surface area contributed by atoms with Crippen molar-refractivity contribution in [3.8, 4) is 12.3 Å². The van der Waals surface area contributed by atoms with Gasteiger partial charge in [0.05, 0.1) is 11.8 Å². The van der Waals surface area contributed by atoms with Crippen LogP contribution in [0.3, 0.4) is 0 Å². The molecule has 0 bridgehead atoms. The van der Waals surface area contributed by atoms with Crippen LogP contribution >= 0.6 is 11.3 Å². The van der Waals surface area contributed by atoms with Crippen molar-refractivity contribution in [1.82, 2.24) is 9.97 Å². The maximum absolute atomic E-state index is 11.8. The van der Waals surface area contributed by atoms with Gasteiger partial charge in [0.25, 0.3) is 5.56 Å². The van der Waals surface area contributed by atoms with E-state index in [0.717, 1.165) is 10.5 Å². The van der Waals surface area contributed by atoms with Crippen molar-refractivity contribution in [3.05, 3.63) is 45.1 Å². The molecule has 0 aliphatic carbocycles. The van der Waals surface area contributed by atoms with Crippen LogP contribution in [-0.2, 0) is 11.2 Å².